The molecule has 1 aromatic rings. The maximum atomic E-state index is 10.1. The minimum absolute atomic E-state index is 0.188. The second kappa shape index (κ2) is 12.7. The second-order valence-corrected chi connectivity index (χ2v) is 9.41. The highest BCUT2D eigenvalue weighted by Crippen LogP contribution is 2.28. The van der Waals surface area contributed by atoms with Crippen molar-refractivity contribution in [3.05, 3.63) is 58.2 Å². The van der Waals surface area contributed by atoms with Gasteiger partial charge >= 0.3 is 0 Å². The summed E-state index contributed by atoms with van der Waals surface area (Å²) in [5.74, 6) is 0.447. The summed E-state index contributed by atoms with van der Waals surface area (Å²) in [6, 6.07) is 3.19. The van der Waals surface area contributed by atoms with Crippen LogP contribution in [-0.4, -0.2) is 32.1 Å². The van der Waals surface area contributed by atoms with E-state index in [1.165, 1.54) is 16.7 Å². The van der Waals surface area contributed by atoms with Gasteiger partial charge in [-0.05, 0) is 104 Å². The fourth-order valence-corrected chi connectivity index (χ4v) is 3.39. The summed E-state index contributed by atoms with van der Waals surface area (Å²) in [7, 11) is 0. The van der Waals surface area contributed by atoms with E-state index in [1.807, 2.05) is 0 Å². The van der Waals surface area contributed by atoms with E-state index in [0.717, 1.165) is 37.7 Å². The summed E-state index contributed by atoms with van der Waals surface area (Å²) in [5, 5.41) is 39.5. The molecule has 0 aliphatic rings. The average molecular weight is 431 g/mol. The Bertz CT molecular complexity index is 794. The Kier molecular flexibility index (Phi) is 11.1. The van der Waals surface area contributed by atoms with Crippen molar-refractivity contribution in [3.63, 3.8) is 0 Å². The van der Waals surface area contributed by atoms with Crippen LogP contribution in [-0.2, 0) is 6.42 Å². The van der Waals surface area contributed by atoms with E-state index in [9.17, 15) is 20.4 Å². The van der Waals surface area contributed by atoms with Gasteiger partial charge in [-0.25, -0.2) is 0 Å². The fourth-order valence-electron chi connectivity index (χ4n) is 3.39. The highest BCUT2D eigenvalue weighted by Gasteiger charge is 2.23. The summed E-state index contributed by atoms with van der Waals surface area (Å²) in [6.07, 6.45) is 11.9. The number of aryl methyl sites for hydroxylation is 1. The van der Waals surface area contributed by atoms with Crippen molar-refractivity contribution >= 4 is 0 Å². The number of phenols is 2. The number of aliphatic hydroxyl groups excluding tert-OH is 1. The molecule has 0 radical (unpaired) electrons. The first-order valence-corrected chi connectivity index (χ1v) is 11.3. The van der Waals surface area contributed by atoms with E-state index in [-0.39, 0.29) is 11.5 Å². The average Bonchev–Trinajstić information content (AvgIpc) is 2.66. The molecule has 4 heteroatoms. The Hall–Kier alpha value is -2.04. The molecule has 0 heterocycles. The maximum absolute atomic E-state index is 10.1. The van der Waals surface area contributed by atoms with E-state index < -0.39 is 11.7 Å². The van der Waals surface area contributed by atoms with Crippen LogP contribution in [0.3, 0.4) is 0 Å². The van der Waals surface area contributed by atoms with E-state index in [0.29, 0.717) is 18.4 Å². The SMILES string of the molecule is CC(=CCCC(C)=CCc1cc(O)cc(C)c1O)CCC=C(C)CC[C@@H](O)C(C)(C)O. The first-order chi connectivity index (χ1) is 14.4. The Labute approximate surface area is 188 Å². The third-order valence-corrected chi connectivity index (χ3v) is 5.73. The van der Waals surface area contributed by atoms with Gasteiger partial charge in [-0.15, -0.1) is 0 Å². The van der Waals surface area contributed by atoms with Gasteiger partial charge in [0, 0.05) is 5.56 Å². The third kappa shape index (κ3) is 10.7. The molecule has 0 amide bonds. The van der Waals surface area contributed by atoms with Crippen molar-refractivity contribution < 1.29 is 20.4 Å². The third-order valence-electron chi connectivity index (χ3n) is 5.73. The van der Waals surface area contributed by atoms with E-state index in [4.69, 9.17) is 0 Å². The number of phenolic OH excluding ortho intramolecular Hbond substituents is 2. The summed E-state index contributed by atoms with van der Waals surface area (Å²) < 4.78 is 0. The minimum Gasteiger partial charge on any atom is -0.508 e. The number of benzene rings is 1. The van der Waals surface area contributed by atoms with Gasteiger partial charge < -0.3 is 20.4 Å². The van der Waals surface area contributed by atoms with E-state index >= 15 is 0 Å². The number of allylic oxidation sites excluding steroid dienone is 6. The van der Waals surface area contributed by atoms with Crippen LogP contribution < -0.4 is 0 Å². The molecule has 1 atom stereocenters. The standard InChI is InChI=1S/C27H42O4/c1-19(10-8-12-21(3)14-16-25(29)27(5,6)31)9-7-11-20(2)13-15-23-18-24(28)17-22(4)26(23)30/h9,12-13,17-18,25,28-31H,7-8,10-11,14-16H2,1-6H3/t25-/m1/s1. The lowest BCUT2D eigenvalue weighted by Crippen LogP contribution is -2.35. The molecule has 1 rings (SSSR count). The van der Waals surface area contributed by atoms with Crippen LogP contribution in [0.15, 0.2) is 47.1 Å². The number of hydrogen-bond acceptors (Lipinski definition) is 4. The summed E-state index contributed by atoms with van der Waals surface area (Å²) in [5.41, 5.74) is 4.28. The highest BCUT2D eigenvalue weighted by atomic mass is 16.3. The van der Waals surface area contributed by atoms with Crippen LogP contribution in [0.5, 0.6) is 11.5 Å². The second-order valence-electron chi connectivity index (χ2n) is 9.41. The zero-order valence-corrected chi connectivity index (χ0v) is 20.2. The molecule has 31 heavy (non-hydrogen) atoms. The molecular weight excluding hydrogens is 388 g/mol. The molecule has 0 saturated heterocycles. The molecule has 174 valence electrons. The van der Waals surface area contributed by atoms with Gasteiger partial charge in [-0.2, -0.15) is 0 Å². The molecular formula is C27H42O4. The van der Waals surface area contributed by atoms with E-state index in [2.05, 4.69) is 39.0 Å². The van der Waals surface area contributed by atoms with Crippen molar-refractivity contribution in [2.45, 2.75) is 98.2 Å². The maximum Gasteiger partial charge on any atom is 0.122 e. The van der Waals surface area contributed by atoms with Crippen molar-refractivity contribution in [2.24, 2.45) is 0 Å². The predicted octanol–water partition coefficient (Wildman–Crippen LogP) is 6.26. The van der Waals surface area contributed by atoms with Crippen LogP contribution in [0, 0.1) is 6.92 Å². The zero-order valence-electron chi connectivity index (χ0n) is 20.2. The molecule has 0 aliphatic carbocycles. The molecule has 0 bridgehead atoms. The molecule has 0 aliphatic heterocycles. The normalized spacial score (nSPS) is 14.8. The molecule has 1 aromatic carbocycles. The summed E-state index contributed by atoms with van der Waals surface area (Å²) in [6.45, 7) is 11.4. The van der Waals surface area contributed by atoms with Gasteiger partial charge in [-0.1, -0.05) is 34.9 Å². The largest absolute Gasteiger partial charge is 0.508 e. The molecule has 0 saturated carbocycles. The Morgan fingerprint density at radius 2 is 1.42 bits per heavy atom. The Balaban J connectivity index is 2.40. The molecule has 0 unspecified atom stereocenters. The summed E-state index contributed by atoms with van der Waals surface area (Å²) in [4.78, 5) is 0. The first kappa shape index (κ1) is 27.0. The number of aromatic hydroxyl groups is 2. The van der Waals surface area contributed by atoms with Crippen LogP contribution in [0.1, 0.15) is 84.3 Å². The number of rotatable bonds is 12. The summed E-state index contributed by atoms with van der Waals surface area (Å²) >= 11 is 0. The molecule has 0 fully saturated rings. The molecule has 0 aromatic heterocycles. The van der Waals surface area contributed by atoms with Gasteiger partial charge in [0.05, 0.1) is 11.7 Å². The van der Waals surface area contributed by atoms with E-state index in [1.54, 1.807) is 32.9 Å². The van der Waals surface area contributed by atoms with Crippen molar-refractivity contribution in [3.8, 4) is 11.5 Å². The van der Waals surface area contributed by atoms with Crippen LogP contribution in [0.4, 0.5) is 0 Å². The van der Waals surface area contributed by atoms with Gasteiger partial charge in [0.2, 0.25) is 0 Å². The highest BCUT2D eigenvalue weighted by molar-refractivity contribution is 5.46. The lowest BCUT2D eigenvalue weighted by atomic mass is 9.95. The number of hydrogen-bond donors (Lipinski definition) is 4. The monoisotopic (exact) mass is 430 g/mol. The Morgan fingerprint density at radius 3 is 1.97 bits per heavy atom. The smallest absolute Gasteiger partial charge is 0.122 e. The molecule has 4 nitrogen and oxygen atoms in total. The van der Waals surface area contributed by atoms with Gasteiger partial charge in [-0.3, -0.25) is 0 Å². The van der Waals surface area contributed by atoms with Crippen molar-refractivity contribution in [1.29, 1.82) is 0 Å². The predicted molar refractivity (Wildman–Crippen MR) is 129 cm³/mol. The fraction of sp³-hybridized carbons (Fsp3) is 0.556. The van der Waals surface area contributed by atoms with Gasteiger partial charge in [0.25, 0.3) is 0 Å². The minimum atomic E-state index is -1.05. The first-order valence-electron chi connectivity index (χ1n) is 11.3. The Morgan fingerprint density at radius 1 is 0.903 bits per heavy atom. The molecule has 0 spiro atoms. The van der Waals surface area contributed by atoms with Crippen LogP contribution in [0.25, 0.3) is 0 Å². The van der Waals surface area contributed by atoms with Gasteiger partial charge in [0.1, 0.15) is 11.5 Å². The van der Waals surface area contributed by atoms with Crippen LogP contribution in [0.2, 0.25) is 0 Å². The van der Waals surface area contributed by atoms with Crippen molar-refractivity contribution in [1.82, 2.24) is 0 Å². The topological polar surface area (TPSA) is 80.9 Å². The van der Waals surface area contributed by atoms with Gasteiger partial charge in [0.15, 0.2) is 0 Å². The quantitative estimate of drug-likeness (QED) is 0.233. The molecule has 4 N–H and O–H groups in total. The van der Waals surface area contributed by atoms with Crippen molar-refractivity contribution in [2.75, 3.05) is 0 Å². The lowest BCUT2D eigenvalue weighted by molar-refractivity contribution is -0.0509. The van der Waals surface area contributed by atoms with Crippen LogP contribution >= 0.6 is 0 Å². The zero-order chi connectivity index (χ0) is 23.6. The number of aliphatic hydroxyl groups is 2. The lowest BCUT2D eigenvalue weighted by Gasteiger charge is -2.24.